The zero-order chi connectivity index (χ0) is 15.5. The van der Waals surface area contributed by atoms with Gasteiger partial charge in [0.15, 0.2) is 0 Å². The Morgan fingerprint density at radius 3 is 2.83 bits per heavy atom. The van der Waals surface area contributed by atoms with E-state index in [-0.39, 0.29) is 0 Å². The van der Waals surface area contributed by atoms with Gasteiger partial charge >= 0.3 is 0 Å². The number of nitrogens with one attached hydrogen (secondary N) is 1. The van der Waals surface area contributed by atoms with Crippen LogP contribution in [0.2, 0.25) is 0 Å². The molecule has 1 aliphatic heterocycles. The first-order chi connectivity index (χ1) is 11.4. The summed E-state index contributed by atoms with van der Waals surface area (Å²) in [6, 6.07) is 17.2. The molecule has 1 N–H and O–H groups in total. The van der Waals surface area contributed by atoms with Crippen LogP contribution in [0, 0.1) is 0 Å². The van der Waals surface area contributed by atoms with Crippen molar-refractivity contribution in [3.8, 4) is 11.4 Å². The number of hydrogen-bond acceptors (Lipinski definition) is 3. The molecule has 3 aromatic rings. The van der Waals surface area contributed by atoms with E-state index in [0.29, 0.717) is 6.04 Å². The minimum atomic E-state index is 0.355. The third-order valence-corrected chi connectivity index (χ3v) is 4.25. The molecule has 1 atom stereocenters. The molecule has 0 saturated heterocycles. The summed E-state index contributed by atoms with van der Waals surface area (Å²) in [5, 5.41) is 3.65. The average molecular weight is 305 g/mol. The van der Waals surface area contributed by atoms with E-state index in [1.165, 1.54) is 11.1 Å². The maximum atomic E-state index is 5.71. The summed E-state index contributed by atoms with van der Waals surface area (Å²) < 4.78 is 7.72. The van der Waals surface area contributed by atoms with Gasteiger partial charge in [-0.15, -0.1) is 0 Å². The van der Waals surface area contributed by atoms with Crippen molar-refractivity contribution in [2.45, 2.75) is 19.0 Å². The van der Waals surface area contributed by atoms with E-state index in [1.54, 1.807) is 6.20 Å². The molecule has 23 heavy (non-hydrogen) atoms. The molecule has 2 heterocycles. The molecule has 1 aliphatic rings. The minimum Gasteiger partial charge on any atom is -0.493 e. The van der Waals surface area contributed by atoms with Crippen LogP contribution in [0.15, 0.2) is 67.3 Å². The van der Waals surface area contributed by atoms with E-state index in [0.717, 1.165) is 31.0 Å². The maximum absolute atomic E-state index is 5.71. The highest BCUT2D eigenvalue weighted by molar-refractivity contribution is 5.38. The maximum Gasteiger partial charge on any atom is 0.124 e. The second-order valence-electron chi connectivity index (χ2n) is 5.74. The minimum absolute atomic E-state index is 0.355. The largest absolute Gasteiger partial charge is 0.493 e. The first-order valence-electron chi connectivity index (χ1n) is 7.92. The van der Waals surface area contributed by atoms with Gasteiger partial charge in [0.1, 0.15) is 5.75 Å². The molecule has 0 saturated carbocycles. The Labute approximate surface area is 135 Å². The lowest BCUT2D eigenvalue weighted by Gasteiger charge is -2.26. The van der Waals surface area contributed by atoms with Gasteiger partial charge in [-0.3, -0.25) is 0 Å². The number of hydrogen-bond donors (Lipinski definition) is 1. The molecule has 0 bridgehead atoms. The van der Waals surface area contributed by atoms with Crippen molar-refractivity contribution < 1.29 is 4.74 Å². The highest BCUT2D eigenvalue weighted by atomic mass is 16.5. The summed E-state index contributed by atoms with van der Waals surface area (Å²) in [4.78, 5) is 4.08. The predicted molar refractivity (Wildman–Crippen MR) is 89.7 cm³/mol. The Balaban J connectivity index is 1.44. The first kappa shape index (κ1) is 14.0. The van der Waals surface area contributed by atoms with E-state index >= 15 is 0 Å². The fourth-order valence-electron chi connectivity index (χ4n) is 2.99. The lowest BCUT2D eigenvalue weighted by Crippen LogP contribution is -2.26. The van der Waals surface area contributed by atoms with Gasteiger partial charge in [-0.05, 0) is 23.8 Å². The van der Waals surface area contributed by atoms with Gasteiger partial charge in [-0.25, -0.2) is 4.98 Å². The van der Waals surface area contributed by atoms with Crippen molar-refractivity contribution in [2.24, 2.45) is 0 Å². The zero-order valence-corrected chi connectivity index (χ0v) is 12.9. The number of benzene rings is 2. The number of fused-ring (bicyclic) bond motifs is 1. The SMILES string of the molecule is c1ccc2c(c1)OCC[C@H]2NCc1ccc(-n2ccnc2)cc1. The van der Waals surface area contributed by atoms with E-state index in [1.807, 2.05) is 29.2 Å². The number of para-hydroxylation sites is 1. The molecule has 0 amide bonds. The van der Waals surface area contributed by atoms with E-state index in [4.69, 9.17) is 4.74 Å². The molecule has 0 fully saturated rings. The van der Waals surface area contributed by atoms with Crippen LogP contribution >= 0.6 is 0 Å². The summed E-state index contributed by atoms with van der Waals surface area (Å²) in [5.74, 6) is 1.01. The van der Waals surface area contributed by atoms with Gasteiger partial charge < -0.3 is 14.6 Å². The standard InChI is InChI=1S/C19H19N3O/c1-2-4-19-17(3-1)18(9-12-23-19)21-13-15-5-7-16(8-6-15)22-11-10-20-14-22/h1-8,10-11,14,18,21H,9,12-13H2/t18-/m1/s1. The van der Waals surface area contributed by atoms with Crippen molar-refractivity contribution in [1.29, 1.82) is 0 Å². The van der Waals surface area contributed by atoms with Crippen molar-refractivity contribution in [1.82, 2.24) is 14.9 Å². The van der Waals surface area contributed by atoms with Crippen molar-refractivity contribution in [3.63, 3.8) is 0 Å². The third kappa shape index (κ3) is 2.98. The molecule has 0 spiro atoms. The van der Waals surface area contributed by atoms with E-state index in [2.05, 4.69) is 46.7 Å². The Hall–Kier alpha value is -2.59. The Bertz CT molecular complexity index is 766. The fraction of sp³-hybridized carbons (Fsp3) is 0.211. The molecular weight excluding hydrogens is 286 g/mol. The van der Waals surface area contributed by atoms with Crippen molar-refractivity contribution >= 4 is 0 Å². The van der Waals surface area contributed by atoms with Gasteiger partial charge in [0, 0.05) is 42.7 Å². The first-order valence-corrected chi connectivity index (χ1v) is 7.92. The second-order valence-corrected chi connectivity index (χ2v) is 5.74. The van der Waals surface area contributed by atoms with Crippen molar-refractivity contribution in [2.75, 3.05) is 6.61 Å². The molecule has 4 heteroatoms. The normalized spacial score (nSPS) is 16.6. The monoisotopic (exact) mass is 305 g/mol. The Morgan fingerprint density at radius 1 is 1.13 bits per heavy atom. The van der Waals surface area contributed by atoms with Gasteiger partial charge in [0.05, 0.1) is 12.9 Å². The number of aromatic nitrogens is 2. The Morgan fingerprint density at radius 2 is 2.00 bits per heavy atom. The summed E-state index contributed by atoms with van der Waals surface area (Å²) >= 11 is 0. The van der Waals surface area contributed by atoms with Crippen LogP contribution in [-0.2, 0) is 6.54 Å². The van der Waals surface area contributed by atoms with Crippen LogP contribution in [0.1, 0.15) is 23.6 Å². The van der Waals surface area contributed by atoms with Crippen LogP contribution in [0.3, 0.4) is 0 Å². The molecular formula is C19H19N3O. The molecule has 116 valence electrons. The highest BCUT2D eigenvalue weighted by Crippen LogP contribution is 2.31. The number of nitrogens with zero attached hydrogens (tertiary/aromatic N) is 2. The lowest BCUT2D eigenvalue weighted by atomic mass is 10.0. The van der Waals surface area contributed by atoms with Crippen LogP contribution in [0.4, 0.5) is 0 Å². The third-order valence-electron chi connectivity index (χ3n) is 4.25. The average Bonchev–Trinajstić information content (AvgIpc) is 3.15. The fourth-order valence-corrected chi connectivity index (χ4v) is 2.99. The van der Waals surface area contributed by atoms with Crippen LogP contribution in [0.5, 0.6) is 5.75 Å². The van der Waals surface area contributed by atoms with Crippen LogP contribution in [-0.4, -0.2) is 16.2 Å². The lowest BCUT2D eigenvalue weighted by molar-refractivity contribution is 0.252. The smallest absolute Gasteiger partial charge is 0.124 e. The summed E-state index contributed by atoms with van der Waals surface area (Å²) in [7, 11) is 0. The molecule has 0 radical (unpaired) electrons. The van der Waals surface area contributed by atoms with Crippen molar-refractivity contribution in [3.05, 3.63) is 78.4 Å². The molecule has 1 aromatic heterocycles. The second kappa shape index (κ2) is 6.26. The van der Waals surface area contributed by atoms with Crippen LogP contribution in [0.25, 0.3) is 5.69 Å². The molecule has 2 aromatic carbocycles. The molecule has 4 rings (SSSR count). The summed E-state index contributed by atoms with van der Waals surface area (Å²) in [6.07, 6.45) is 6.56. The molecule has 0 aliphatic carbocycles. The van der Waals surface area contributed by atoms with Gasteiger partial charge in [-0.2, -0.15) is 0 Å². The topological polar surface area (TPSA) is 39.1 Å². The van der Waals surface area contributed by atoms with Gasteiger partial charge in [0.25, 0.3) is 0 Å². The summed E-state index contributed by atoms with van der Waals surface area (Å²) in [5.41, 5.74) is 3.66. The Kier molecular flexibility index (Phi) is 3.82. The molecule has 0 unspecified atom stereocenters. The van der Waals surface area contributed by atoms with E-state index in [9.17, 15) is 0 Å². The number of rotatable bonds is 4. The van der Waals surface area contributed by atoms with Gasteiger partial charge in [0.2, 0.25) is 0 Å². The predicted octanol–water partition coefficient (Wildman–Crippen LogP) is 3.49. The summed E-state index contributed by atoms with van der Waals surface area (Å²) in [6.45, 7) is 1.62. The zero-order valence-electron chi connectivity index (χ0n) is 12.9. The van der Waals surface area contributed by atoms with Gasteiger partial charge in [-0.1, -0.05) is 30.3 Å². The quantitative estimate of drug-likeness (QED) is 0.802. The van der Waals surface area contributed by atoms with Crippen LogP contribution < -0.4 is 10.1 Å². The molecule has 4 nitrogen and oxygen atoms in total. The number of ether oxygens (including phenoxy) is 1. The van der Waals surface area contributed by atoms with E-state index < -0.39 is 0 Å². The highest BCUT2D eigenvalue weighted by Gasteiger charge is 2.20. The number of imidazole rings is 1.